The molecule has 6 heteroatoms. The minimum absolute atomic E-state index is 0.0679. The first kappa shape index (κ1) is 19.3. The number of fused-ring (bicyclic) bond motifs is 1. The normalized spacial score (nSPS) is 18.2. The predicted octanol–water partition coefficient (Wildman–Crippen LogP) is 3.71. The summed E-state index contributed by atoms with van der Waals surface area (Å²) in [4.78, 5) is 26.1. The van der Waals surface area contributed by atoms with E-state index < -0.39 is 0 Å². The number of benzene rings is 2. The minimum Gasteiger partial charge on any atom is -0.490 e. The number of hydrogen-bond donors (Lipinski definition) is 1. The first-order valence-corrected chi connectivity index (χ1v) is 10.2. The SMILES string of the molecule is CC(=O)Nc1ccc(CC(=O)N2CCC[C@@H]2c2ccc3c(c2)OCCCO3)cc1. The number of amides is 2. The van der Waals surface area contributed by atoms with Gasteiger partial charge in [0.25, 0.3) is 0 Å². The van der Waals surface area contributed by atoms with E-state index in [1.54, 1.807) is 0 Å². The molecule has 0 saturated carbocycles. The Morgan fingerprint density at radius 2 is 1.79 bits per heavy atom. The molecule has 1 saturated heterocycles. The van der Waals surface area contributed by atoms with Gasteiger partial charge in [0.2, 0.25) is 11.8 Å². The number of hydrogen-bond acceptors (Lipinski definition) is 4. The molecule has 0 radical (unpaired) electrons. The summed E-state index contributed by atoms with van der Waals surface area (Å²) in [7, 11) is 0. The van der Waals surface area contributed by atoms with Crippen LogP contribution in [0.1, 0.15) is 43.4 Å². The van der Waals surface area contributed by atoms with Gasteiger partial charge in [0.15, 0.2) is 11.5 Å². The topological polar surface area (TPSA) is 67.9 Å². The number of likely N-dealkylation sites (tertiary alicyclic amines) is 1. The molecule has 2 amide bonds. The van der Waals surface area contributed by atoms with Crippen LogP contribution in [0.3, 0.4) is 0 Å². The highest BCUT2D eigenvalue weighted by Gasteiger charge is 2.30. The number of nitrogens with one attached hydrogen (secondary N) is 1. The van der Waals surface area contributed by atoms with Crippen molar-refractivity contribution < 1.29 is 19.1 Å². The molecule has 0 aliphatic carbocycles. The number of carbonyl (C=O) groups excluding carboxylic acids is 2. The van der Waals surface area contributed by atoms with Crippen molar-refractivity contribution in [3.05, 3.63) is 53.6 Å². The van der Waals surface area contributed by atoms with E-state index in [0.29, 0.717) is 19.6 Å². The van der Waals surface area contributed by atoms with Crippen LogP contribution in [-0.2, 0) is 16.0 Å². The molecule has 0 aromatic heterocycles. The Hall–Kier alpha value is -3.02. The zero-order chi connectivity index (χ0) is 20.2. The molecule has 2 aliphatic heterocycles. The predicted molar refractivity (Wildman–Crippen MR) is 110 cm³/mol. The molecule has 2 aromatic rings. The van der Waals surface area contributed by atoms with E-state index in [9.17, 15) is 9.59 Å². The minimum atomic E-state index is -0.108. The molecule has 1 fully saturated rings. The van der Waals surface area contributed by atoms with E-state index >= 15 is 0 Å². The van der Waals surface area contributed by atoms with Crippen LogP contribution in [0.4, 0.5) is 5.69 Å². The van der Waals surface area contributed by atoms with Gasteiger partial charge >= 0.3 is 0 Å². The summed E-state index contributed by atoms with van der Waals surface area (Å²) < 4.78 is 11.5. The Morgan fingerprint density at radius 1 is 1.03 bits per heavy atom. The van der Waals surface area contributed by atoms with Crippen molar-refractivity contribution in [3.63, 3.8) is 0 Å². The summed E-state index contributed by atoms with van der Waals surface area (Å²) in [5, 5.41) is 2.74. The summed E-state index contributed by atoms with van der Waals surface area (Å²) in [6.45, 7) is 3.56. The van der Waals surface area contributed by atoms with E-state index in [4.69, 9.17) is 9.47 Å². The zero-order valence-electron chi connectivity index (χ0n) is 16.6. The second-order valence-electron chi connectivity index (χ2n) is 7.56. The van der Waals surface area contributed by atoms with Crippen molar-refractivity contribution in [1.29, 1.82) is 0 Å². The van der Waals surface area contributed by atoms with Gasteiger partial charge in [0.05, 0.1) is 25.7 Å². The Bertz CT molecular complexity index is 894. The quantitative estimate of drug-likeness (QED) is 0.858. The number of anilines is 1. The van der Waals surface area contributed by atoms with Gasteiger partial charge in [-0.25, -0.2) is 0 Å². The molecule has 2 aromatic carbocycles. The van der Waals surface area contributed by atoms with E-state index in [1.165, 1.54) is 6.92 Å². The van der Waals surface area contributed by atoms with Gasteiger partial charge in [-0.2, -0.15) is 0 Å². The molecule has 6 nitrogen and oxygen atoms in total. The lowest BCUT2D eigenvalue weighted by Gasteiger charge is -2.26. The fourth-order valence-electron chi connectivity index (χ4n) is 3.98. The smallest absolute Gasteiger partial charge is 0.227 e. The van der Waals surface area contributed by atoms with Crippen molar-refractivity contribution in [3.8, 4) is 11.5 Å². The zero-order valence-corrected chi connectivity index (χ0v) is 16.6. The summed E-state index contributed by atoms with van der Waals surface area (Å²) >= 11 is 0. The number of ether oxygens (including phenoxy) is 2. The molecule has 29 heavy (non-hydrogen) atoms. The van der Waals surface area contributed by atoms with Gasteiger partial charge in [-0.05, 0) is 48.2 Å². The standard InChI is InChI=1S/C23H26N2O4/c1-16(26)24-19-8-5-17(6-9-19)14-23(27)25-11-2-4-20(25)18-7-10-21-22(15-18)29-13-3-12-28-21/h5-10,15,20H,2-4,11-14H2,1H3,(H,24,26)/t20-/m1/s1. The van der Waals surface area contributed by atoms with E-state index in [-0.39, 0.29) is 17.9 Å². The molecule has 152 valence electrons. The highest BCUT2D eigenvalue weighted by Crippen LogP contribution is 2.38. The summed E-state index contributed by atoms with van der Waals surface area (Å²) in [5.41, 5.74) is 2.77. The molecule has 4 rings (SSSR count). The van der Waals surface area contributed by atoms with Crippen LogP contribution in [-0.4, -0.2) is 36.5 Å². The van der Waals surface area contributed by atoms with Crippen LogP contribution in [0.5, 0.6) is 11.5 Å². The summed E-state index contributed by atoms with van der Waals surface area (Å²) in [6.07, 6.45) is 3.17. The van der Waals surface area contributed by atoms with Crippen LogP contribution in [0.15, 0.2) is 42.5 Å². The third kappa shape index (κ3) is 4.53. The van der Waals surface area contributed by atoms with Gasteiger partial charge in [-0.1, -0.05) is 18.2 Å². The Kier molecular flexibility index (Phi) is 5.69. The highest BCUT2D eigenvalue weighted by molar-refractivity contribution is 5.88. The lowest BCUT2D eigenvalue weighted by Crippen LogP contribution is -2.31. The van der Waals surface area contributed by atoms with Crippen LogP contribution >= 0.6 is 0 Å². The first-order valence-electron chi connectivity index (χ1n) is 10.2. The molecule has 1 N–H and O–H groups in total. The van der Waals surface area contributed by atoms with Gasteiger partial charge in [-0.3, -0.25) is 9.59 Å². The van der Waals surface area contributed by atoms with Crippen molar-refractivity contribution in [2.45, 2.75) is 38.6 Å². The fraction of sp³-hybridized carbons (Fsp3) is 0.391. The lowest BCUT2D eigenvalue weighted by molar-refractivity contribution is -0.131. The van der Waals surface area contributed by atoms with Gasteiger partial charge in [0.1, 0.15) is 0 Å². The third-order valence-corrected chi connectivity index (χ3v) is 5.36. The number of carbonyl (C=O) groups is 2. The third-order valence-electron chi connectivity index (χ3n) is 5.36. The second-order valence-corrected chi connectivity index (χ2v) is 7.56. The molecule has 0 spiro atoms. The van der Waals surface area contributed by atoms with Gasteiger partial charge < -0.3 is 19.7 Å². The van der Waals surface area contributed by atoms with Crippen LogP contribution < -0.4 is 14.8 Å². The summed E-state index contributed by atoms with van der Waals surface area (Å²) in [6, 6.07) is 13.5. The fourth-order valence-corrected chi connectivity index (χ4v) is 3.98. The Labute approximate surface area is 170 Å². The van der Waals surface area contributed by atoms with Gasteiger partial charge in [0, 0.05) is 25.6 Å². The average molecular weight is 394 g/mol. The highest BCUT2D eigenvalue weighted by atomic mass is 16.5. The second kappa shape index (κ2) is 8.55. The van der Waals surface area contributed by atoms with E-state index in [1.807, 2.05) is 47.4 Å². The largest absolute Gasteiger partial charge is 0.490 e. The number of nitrogens with zero attached hydrogens (tertiary/aromatic N) is 1. The molecular formula is C23H26N2O4. The molecule has 2 heterocycles. The lowest BCUT2D eigenvalue weighted by atomic mass is 10.0. The monoisotopic (exact) mass is 394 g/mol. The van der Waals surface area contributed by atoms with Crippen molar-refractivity contribution in [1.82, 2.24) is 4.90 Å². The first-order chi connectivity index (χ1) is 14.1. The van der Waals surface area contributed by atoms with Crippen molar-refractivity contribution >= 4 is 17.5 Å². The maximum Gasteiger partial charge on any atom is 0.227 e. The molecule has 0 unspecified atom stereocenters. The average Bonchev–Trinajstić information content (AvgIpc) is 3.08. The van der Waals surface area contributed by atoms with Crippen LogP contribution in [0.2, 0.25) is 0 Å². The van der Waals surface area contributed by atoms with Crippen LogP contribution in [0, 0.1) is 0 Å². The van der Waals surface area contributed by atoms with Crippen LogP contribution in [0.25, 0.3) is 0 Å². The maximum absolute atomic E-state index is 13.0. The Morgan fingerprint density at radius 3 is 2.55 bits per heavy atom. The van der Waals surface area contributed by atoms with Gasteiger partial charge in [-0.15, -0.1) is 0 Å². The van der Waals surface area contributed by atoms with Crippen molar-refractivity contribution in [2.24, 2.45) is 0 Å². The van der Waals surface area contributed by atoms with E-state index in [0.717, 1.165) is 54.1 Å². The molecular weight excluding hydrogens is 368 g/mol. The molecule has 0 bridgehead atoms. The van der Waals surface area contributed by atoms with E-state index in [2.05, 4.69) is 5.32 Å². The molecule has 2 aliphatic rings. The molecule has 1 atom stereocenters. The summed E-state index contributed by atoms with van der Waals surface area (Å²) in [5.74, 6) is 1.56. The Balaban J connectivity index is 1.46. The van der Waals surface area contributed by atoms with Crippen molar-refractivity contribution in [2.75, 3.05) is 25.1 Å². The maximum atomic E-state index is 13.0. The number of rotatable bonds is 4.